The summed E-state index contributed by atoms with van der Waals surface area (Å²) in [4.78, 5) is 10.8. The van der Waals surface area contributed by atoms with E-state index < -0.39 is 5.63 Å². The van der Waals surface area contributed by atoms with Gasteiger partial charge in [0.2, 0.25) is 0 Å². The third-order valence-electron chi connectivity index (χ3n) is 1.77. The van der Waals surface area contributed by atoms with Crippen LogP contribution < -0.4 is 5.63 Å². The largest absolute Gasteiger partial charge is 0.508 e. The van der Waals surface area contributed by atoms with Crippen molar-refractivity contribution in [1.82, 2.24) is 0 Å². The first-order chi connectivity index (χ1) is 6.08. The van der Waals surface area contributed by atoms with Gasteiger partial charge in [-0.2, -0.15) is 0 Å². The molecule has 0 amide bonds. The first-order valence-corrected chi connectivity index (χ1v) is 4.41. The van der Waals surface area contributed by atoms with Gasteiger partial charge in [0.25, 0.3) is 0 Å². The van der Waals surface area contributed by atoms with Crippen molar-refractivity contribution in [3.8, 4) is 5.75 Å². The van der Waals surface area contributed by atoms with Gasteiger partial charge in [-0.15, -0.1) is 0 Å². The van der Waals surface area contributed by atoms with Gasteiger partial charge in [-0.05, 0) is 12.3 Å². The molecule has 1 rings (SSSR count). The molecule has 13 heavy (non-hydrogen) atoms. The summed E-state index contributed by atoms with van der Waals surface area (Å²) in [5.74, 6) is 1.10. The Hall–Kier alpha value is -1.25. The summed E-state index contributed by atoms with van der Waals surface area (Å²) in [6.07, 6.45) is 1.65. The average molecular weight is 182 g/mol. The van der Waals surface area contributed by atoms with Gasteiger partial charge in [0.05, 0.1) is 6.07 Å². The summed E-state index contributed by atoms with van der Waals surface area (Å²) in [7, 11) is 0. The Morgan fingerprint density at radius 3 is 2.69 bits per heavy atom. The molecule has 0 aliphatic heterocycles. The second kappa shape index (κ2) is 4.12. The molecule has 0 aliphatic carbocycles. The molecule has 0 radical (unpaired) electrons. The molecule has 0 saturated heterocycles. The molecule has 1 heterocycles. The zero-order valence-electron chi connectivity index (χ0n) is 7.91. The molecular weight excluding hydrogens is 168 g/mol. The van der Waals surface area contributed by atoms with Crippen molar-refractivity contribution in [2.45, 2.75) is 26.7 Å². The third-order valence-corrected chi connectivity index (χ3v) is 1.77. The lowest BCUT2D eigenvalue weighted by molar-refractivity contribution is 0.412. The minimum atomic E-state index is -0.487. The fourth-order valence-corrected chi connectivity index (χ4v) is 1.07. The van der Waals surface area contributed by atoms with Crippen LogP contribution >= 0.6 is 0 Å². The van der Waals surface area contributed by atoms with E-state index in [1.165, 1.54) is 6.07 Å². The molecule has 0 fully saturated rings. The molecule has 0 atom stereocenters. The van der Waals surface area contributed by atoms with Crippen molar-refractivity contribution in [2.24, 2.45) is 5.92 Å². The highest BCUT2D eigenvalue weighted by Gasteiger charge is 2.02. The van der Waals surface area contributed by atoms with Crippen LogP contribution in [0.3, 0.4) is 0 Å². The molecule has 72 valence electrons. The van der Waals surface area contributed by atoms with Crippen LogP contribution in [0.5, 0.6) is 5.75 Å². The maximum atomic E-state index is 10.8. The minimum Gasteiger partial charge on any atom is -0.508 e. The zero-order chi connectivity index (χ0) is 9.84. The topological polar surface area (TPSA) is 50.4 Å². The molecule has 1 N–H and O–H groups in total. The van der Waals surface area contributed by atoms with Crippen LogP contribution in [0.1, 0.15) is 26.0 Å². The van der Waals surface area contributed by atoms with Crippen LogP contribution in [0.15, 0.2) is 21.3 Å². The van der Waals surface area contributed by atoms with E-state index in [1.807, 2.05) is 0 Å². The molecule has 1 aromatic heterocycles. The summed E-state index contributed by atoms with van der Waals surface area (Å²) < 4.78 is 4.89. The van der Waals surface area contributed by atoms with Gasteiger partial charge < -0.3 is 9.52 Å². The van der Waals surface area contributed by atoms with Crippen molar-refractivity contribution in [2.75, 3.05) is 0 Å². The lowest BCUT2D eigenvalue weighted by atomic mass is 10.1. The van der Waals surface area contributed by atoms with Crippen LogP contribution in [-0.2, 0) is 6.42 Å². The van der Waals surface area contributed by atoms with Crippen LogP contribution in [-0.4, -0.2) is 5.11 Å². The maximum Gasteiger partial charge on any atom is 0.339 e. The SMILES string of the molecule is CC(C)CCc1cc(O)cc(=O)o1. The van der Waals surface area contributed by atoms with Crippen LogP contribution in [0, 0.1) is 5.92 Å². The smallest absolute Gasteiger partial charge is 0.339 e. The van der Waals surface area contributed by atoms with Crippen LogP contribution in [0.2, 0.25) is 0 Å². The lowest BCUT2D eigenvalue weighted by Crippen LogP contribution is -2.00. The van der Waals surface area contributed by atoms with E-state index in [4.69, 9.17) is 9.52 Å². The van der Waals surface area contributed by atoms with Crippen molar-refractivity contribution in [3.63, 3.8) is 0 Å². The Morgan fingerprint density at radius 2 is 2.15 bits per heavy atom. The molecule has 0 saturated carbocycles. The summed E-state index contributed by atoms with van der Waals surface area (Å²) in [6, 6.07) is 2.56. The van der Waals surface area contributed by atoms with E-state index in [9.17, 15) is 4.79 Å². The molecule has 0 spiro atoms. The van der Waals surface area contributed by atoms with Crippen molar-refractivity contribution in [3.05, 3.63) is 28.3 Å². The Kier molecular flexibility index (Phi) is 3.12. The molecule has 0 bridgehead atoms. The first kappa shape index (κ1) is 9.84. The quantitative estimate of drug-likeness (QED) is 0.777. The predicted molar refractivity (Wildman–Crippen MR) is 49.8 cm³/mol. The van der Waals surface area contributed by atoms with Gasteiger partial charge in [0.15, 0.2) is 0 Å². The second-order valence-electron chi connectivity index (χ2n) is 3.53. The maximum absolute atomic E-state index is 10.8. The summed E-state index contributed by atoms with van der Waals surface area (Å²) in [5.41, 5.74) is -0.487. The van der Waals surface area contributed by atoms with Crippen LogP contribution in [0.25, 0.3) is 0 Å². The zero-order valence-corrected chi connectivity index (χ0v) is 7.91. The number of rotatable bonds is 3. The van der Waals surface area contributed by atoms with Gasteiger partial charge in [-0.1, -0.05) is 13.8 Å². The number of hydrogen-bond donors (Lipinski definition) is 1. The van der Waals surface area contributed by atoms with Gasteiger partial charge in [0.1, 0.15) is 11.5 Å². The molecule has 1 aromatic rings. The van der Waals surface area contributed by atoms with Crippen LogP contribution in [0.4, 0.5) is 0 Å². The summed E-state index contributed by atoms with van der Waals surface area (Å²) in [6.45, 7) is 4.20. The normalized spacial score (nSPS) is 10.7. The monoisotopic (exact) mass is 182 g/mol. The minimum absolute atomic E-state index is 0.0185. The average Bonchev–Trinajstić information content (AvgIpc) is 1.99. The highest BCUT2D eigenvalue weighted by atomic mass is 16.4. The van der Waals surface area contributed by atoms with E-state index in [1.54, 1.807) is 0 Å². The number of aryl methyl sites for hydroxylation is 1. The highest BCUT2D eigenvalue weighted by molar-refractivity contribution is 5.18. The first-order valence-electron chi connectivity index (χ1n) is 4.41. The van der Waals surface area contributed by atoms with Gasteiger partial charge >= 0.3 is 5.63 Å². The molecule has 3 heteroatoms. The molecule has 3 nitrogen and oxygen atoms in total. The van der Waals surface area contributed by atoms with E-state index in [2.05, 4.69) is 13.8 Å². The van der Waals surface area contributed by atoms with Gasteiger partial charge in [-0.3, -0.25) is 0 Å². The van der Waals surface area contributed by atoms with E-state index >= 15 is 0 Å². The van der Waals surface area contributed by atoms with E-state index in [0.29, 0.717) is 18.1 Å². The van der Waals surface area contributed by atoms with Gasteiger partial charge in [-0.25, -0.2) is 4.79 Å². The second-order valence-corrected chi connectivity index (χ2v) is 3.53. The van der Waals surface area contributed by atoms with E-state index in [0.717, 1.165) is 12.5 Å². The Labute approximate surface area is 77.0 Å². The summed E-state index contributed by atoms with van der Waals surface area (Å²) >= 11 is 0. The predicted octanol–water partition coefficient (Wildman–Crippen LogP) is 1.93. The Balaban J connectivity index is 2.72. The molecule has 0 unspecified atom stereocenters. The van der Waals surface area contributed by atoms with Crippen molar-refractivity contribution in [1.29, 1.82) is 0 Å². The van der Waals surface area contributed by atoms with Crippen molar-refractivity contribution >= 4 is 0 Å². The fraction of sp³-hybridized carbons (Fsp3) is 0.500. The molecule has 0 aliphatic rings. The number of aromatic hydroxyl groups is 1. The number of hydrogen-bond acceptors (Lipinski definition) is 3. The fourth-order valence-electron chi connectivity index (χ4n) is 1.07. The third kappa shape index (κ3) is 3.32. The molecule has 0 aromatic carbocycles. The summed E-state index contributed by atoms with van der Waals surface area (Å²) in [5, 5.41) is 9.10. The lowest BCUT2D eigenvalue weighted by Gasteiger charge is -2.02. The van der Waals surface area contributed by atoms with Crippen molar-refractivity contribution < 1.29 is 9.52 Å². The highest BCUT2D eigenvalue weighted by Crippen LogP contribution is 2.12. The van der Waals surface area contributed by atoms with Gasteiger partial charge in [0, 0.05) is 12.5 Å². The Morgan fingerprint density at radius 1 is 1.46 bits per heavy atom. The Bertz CT molecular complexity index is 325. The standard InChI is InChI=1S/C10H14O3/c1-7(2)3-4-9-5-8(11)6-10(12)13-9/h5-7,11H,3-4H2,1-2H3. The molecular formula is C10H14O3. The van der Waals surface area contributed by atoms with E-state index in [-0.39, 0.29) is 5.75 Å².